The Balaban J connectivity index is 1.19. The number of amides is 2. The minimum absolute atomic E-state index is 0.0433. The number of benzene rings is 3. The maximum absolute atomic E-state index is 13.4. The molecule has 2 heterocycles. The van der Waals surface area contributed by atoms with Gasteiger partial charge in [-0.15, -0.1) is 0 Å². The summed E-state index contributed by atoms with van der Waals surface area (Å²) in [6.07, 6.45) is 5.86. The number of fused-ring (bicyclic) bond motifs is 5. The Morgan fingerprint density at radius 2 is 1.58 bits per heavy atom. The quantitative estimate of drug-likeness (QED) is 0.500. The molecule has 5 nitrogen and oxygen atoms in total. The van der Waals surface area contributed by atoms with E-state index in [-0.39, 0.29) is 30.0 Å². The SMILES string of the molecule is CNC(=O)c1ccc(C2=CC3CCCC(C2)N3C(=O)OCC2c3ccccc3-c3ccccc32)cc1. The topological polar surface area (TPSA) is 58.6 Å². The van der Waals surface area contributed by atoms with E-state index in [1.54, 1.807) is 7.05 Å². The van der Waals surface area contributed by atoms with Crippen LogP contribution in [0.3, 0.4) is 0 Å². The Bertz CT molecular complexity index is 1300. The lowest BCUT2D eigenvalue weighted by atomic mass is 9.83. The minimum atomic E-state index is -0.211. The highest BCUT2D eigenvalue weighted by Crippen LogP contribution is 2.45. The van der Waals surface area contributed by atoms with Gasteiger partial charge in [0.1, 0.15) is 6.61 Å². The van der Waals surface area contributed by atoms with Crippen LogP contribution in [0, 0.1) is 0 Å². The summed E-state index contributed by atoms with van der Waals surface area (Å²) in [5.74, 6) is -0.0200. The molecule has 2 unspecified atom stereocenters. The molecule has 0 aromatic heterocycles. The number of hydrogen-bond acceptors (Lipinski definition) is 3. The molecule has 0 spiro atoms. The molecule has 2 amide bonds. The second-order valence-electron chi connectivity index (χ2n) is 9.92. The van der Waals surface area contributed by atoms with Gasteiger partial charge in [0.05, 0.1) is 6.04 Å². The summed E-state index contributed by atoms with van der Waals surface area (Å²) in [5.41, 5.74) is 7.94. The van der Waals surface area contributed by atoms with Gasteiger partial charge in [-0.05, 0) is 71.2 Å². The number of carbonyl (C=O) groups is 2. The number of nitrogens with one attached hydrogen (secondary N) is 1. The molecule has 0 radical (unpaired) electrons. The largest absolute Gasteiger partial charge is 0.448 e. The molecule has 1 fully saturated rings. The molecule has 3 aromatic rings. The first-order valence-corrected chi connectivity index (χ1v) is 12.8. The summed E-state index contributed by atoms with van der Waals surface area (Å²) in [5, 5.41) is 2.66. The highest BCUT2D eigenvalue weighted by atomic mass is 16.6. The van der Waals surface area contributed by atoms with E-state index in [0.717, 1.165) is 31.2 Å². The summed E-state index contributed by atoms with van der Waals surface area (Å²) in [6.45, 7) is 0.348. The highest BCUT2D eigenvalue weighted by molar-refractivity contribution is 5.94. The summed E-state index contributed by atoms with van der Waals surface area (Å²) in [7, 11) is 1.64. The highest BCUT2D eigenvalue weighted by Gasteiger charge is 2.39. The van der Waals surface area contributed by atoms with Crippen molar-refractivity contribution < 1.29 is 14.3 Å². The van der Waals surface area contributed by atoms with Crippen LogP contribution in [0.5, 0.6) is 0 Å². The van der Waals surface area contributed by atoms with Crippen LogP contribution < -0.4 is 5.32 Å². The fraction of sp³-hybridized carbons (Fsp3) is 0.290. The van der Waals surface area contributed by atoms with Crippen LogP contribution in [0.2, 0.25) is 0 Å². The van der Waals surface area contributed by atoms with Crippen LogP contribution in [-0.4, -0.2) is 42.6 Å². The van der Waals surface area contributed by atoms with Gasteiger partial charge in [-0.2, -0.15) is 0 Å². The Hall–Kier alpha value is -3.86. The minimum Gasteiger partial charge on any atom is -0.448 e. The van der Waals surface area contributed by atoms with Crippen molar-refractivity contribution in [2.75, 3.05) is 13.7 Å². The van der Waals surface area contributed by atoms with Gasteiger partial charge in [0.2, 0.25) is 0 Å². The molecule has 2 bridgehead atoms. The van der Waals surface area contributed by atoms with Gasteiger partial charge in [0.15, 0.2) is 0 Å². The van der Waals surface area contributed by atoms with Gasteiger partial charge in [-0.3, -0.25) is 9.69 Å². The molecule has 1 saturated heterocycles. The molecule has 2 atom stereocenters. The number of ether oxygens (including phenoxy) is 1. The first kappa shape index (κ1) is 22.6. The molecule has 3 aromatic carbocycles. The van der Waals surface area contributed by atoms with Crippen molar-refractivity contribution >= 4 is 17.6 Å². The van der Waals surface area contributed by atoms with Crippen molar-refractivity contribution in [3.05, 3.63) is 101 Å². The molecule has 3 aliphatic rings. The lowest BCUT2D eigenvalue weighted by Gasteiger charge is -2.44. The smallest absolute Gasteiger partial charge is 0.410 e. The van der Waals surface area contributed by atoms with Crippen LogP contribution >= 0.6 is 0 Å². The van der Waals surface area contributed by atoms with Gasteiger partial charge in [0.25, 0.3) is 5.91 Å². The van der Waals surface area contributed by atoms with Crippen molar-refractivity contribution in [1.29, 1.82) is 0 Å². The van der Waals surface area contributed by atoms with Crippen LogP contribution in [0.4, 0.5) is 4.79 Å². The lowest BCUT2D eigenvalue weighted by molar-refractivity contribution is 0.0539. The molecule has 2 aliphatic heterocycles. The number of hydrogen-bond donors (Lipinski definition) is 1. The monoisotopic (exact) mass is 478 g/mol. The molecule has 6 rings (SSSR count). The third kappa shape index (κ3) is 3.89. The van der Waals surface area contributed by atoms with Crippen molar-refractivity contribution in [2.45, 2.75) is 43.7 Å². The molecular formula is C31H30N2O3. The third-order valence-electron chi connectivity index (χ3n) is 7.93. The van der Waals surface area contributed by atoms with E-state index in [1.807, 2.05) is 29.2 Å². The Labute approximate surface area is 211 Å². The molecular weight excluding hydrogens is 448 g/mol. The van der Waals surface area contributed by atoms with Crippen LogP contribution in [0.15, 0.2) is 78.9 Å². The van der Waals surface area contributed by atoms with Gasteiger partial charge in [-0.25, -0.2) is 4.79 Å². The van der Waals surface area contributed by atoms with E-state index in [2.05, 4.69) is 59.9 Å². The maximum Gasteiger partial charge on any atom is 0.410 e. The average Bonchev–Trinajstić information content (AvgIpc) is 3.24. The van der Waals surface area contributed by atoms with Crippen LogP contribution in [0.25, 0.3) is 16.7 Å². The normalized spacial score (nSPS) is 20.2. The number of nitrogens with zero attached hydrogens (tertiary/aromatic N) is 1. The van der Waals surface area contributed by atoms with E-state index in [1.165, 1.54) is 27.8 Å². The first-order chi connectivity index (χ1) is 17.6. The number of rotatable bonds is 4. The fourth-order valence-electron chi connectivity index (χ4n) is 6.18. The first-order valence-electron chi connectivity index (χ1n) is 12.8. The molecule has 36 heavy (non-hydrogen) atoms. The molecule has 5 heteroatoms. The zero-order chi connectivity index (χ0) is 24.6. The van der Waals surface area contributed by atoms with E-state index in [9.17, 15) is 9.59 Å². The number of piperidine rings is 1. The van der Waals surface area contributed by atoms with E-state index >= 15 is 0 Å². The number of carbonyl (C=O) groups excluding carboxylic acids is 2. The van der Waals surface area contributed by atoms with Gasteiger partial charge >= 0.3 is 6.09 Å². The third-order valence-corrected chi connectivity index (χ3v) is 7.93. The summed E-state index contributed by atoms with van der Waals surface area (Å²) < 4.78 is 6.02. The Kier molecular flexibility index (Phi) is 5.84. The second-order valence-corrected chi connectivity index (χ2v) is 9.92. The zero-order valence-corrected chi connectivity index (χ0v) is 20.4. The zero-order valence-electron chi connectivity index (χ0n) is 20.4. The average molecular weight is 479 g/mol. The van der Waals surface area contributed by atoms with Crippen molar-refractivity contribution in [2.24, 2.45) is 0 Å². The Morgan fingerprint density at radius 3 is 2.22 bits per heavy atom. The molecule has 0 saturated carbocycles. The summed E-state index contributed by atoms with van der Waals surface area (Å²) in [4.78, 5) is 27.3. The second kappa shape index (κ2) is 9.30. The van der Waals surface area contributed by atoms with E-state index < -0.39 is 0 Å². The predicted molar refractivity (Wildman–Crippen MR) is 141 cm³/mol. The lowest BCUT2D eigenvalue weighted by Crippen LogP contribution is -2.51. The van der Waals surface area contributed by atoms with Gasteiger partial charge < -0.3 is 10.1 Å². The fourth-order valence-corrected chi connectivity index (χ4v) is 6.18. The predicted octanol–water partition coefficient (Wildman–Crippen LogP) is 6.01. The Morgan fingerprint density at radius 1 is 0.917 bits per heavy atom. The van der Waals surface area contributed by atoms with Crippen molar-refractivity contribution in [1.82, 2.24) is 10.2 Å². The summed E-state index contributed by atoms with van der Waals surface area (Å²) >= 11 is 0. The van der Waals surface area contributed by atoms with E-state index in [4.69, 9.17) is 4.74 Å². The standard InChI is InChI=1S/C31H30N2O3/c1-32-30(34)21-15-13-20(14-16-21)22-17-23-7-6-8-24(18-22)33(23)31(35)36-19-29-27-11-4-2-9-25(27)26-10-3-5-12-28(26)29/h2-5,9-17,23-24,29H,6-8,18-19H2,1H3,(H,32,34). The van der Waals surface area contributed by atoms with Gasteiger partial charge in [-0.1, -0.05) is 66.7 Å². The van der Waals surface area contributed by atoms with Gasteiger partial charge in [0, 0.05) is 24.6 Å². The molecule has 1 N–H and O–H groups in total. The van der Waals surface area contributed by atoms with Crippen LogP contribution in [-0.2, 0) is 4.74 Å². The summed E-state index contributed by atoms with van der Waals surface area (Å²) in [6, 6.07) is 24.8. The van der Waals surface area contributed by atoms with Crippen LogP contribution in [0.1, 0.15) is 58.6 Å². The molecule has 182 valence electrons. The van der Waals surface area contributed by atoms with E-state index in [0.29, 0.717) is 12.2 Å². The molecule has 1 aliphatic carbocycles. The maximum atomic E-state index is 13.4. The van der Waals surface area contributed by atoms with Crippen molar-refractivity contribution in [3.8, 4) is 11.1 Å². The van der Waals surface area contributed by atoms with Crippen molar-refractivity contribution in [3.63, 3.8) is 0 Å².